The summed E-state index contributed by atoms with van der Waals surface area (Å²) in [6.45, 7) is 23.4. The van der Waals surface area contributed by atoms with Gasteiger partial charge in [-0.05, 0) is 86.6 Å². The van der Waals surface area contributed by atoms with Crippen LogP contribution >= 0.6 is 0 Å². The minimum atomic E-state index is -1.06. The fraction of sp³-hybridized carbons (Fsp3) is 0.516. The molecule has 11 heteroatoms. The first-order valence-corrected chi connectivity index (χ1v) is 13.8. The Bertz CT molecular complexity index is 1010. The molecule has 0 atom stereocenters. The lowest BCUT2D eigenvalue weighted by molar-refractivity contribution is -0.0294. The monoisotopic (exact) mass is 594 g/mol. The zero-order valence-electron chi connectivity index (χ0n) is 27.7. The molecular formula is C31H54N4O7. The number of benzene rings is 2. The minimum absolute atomic E-state index is 0.500. The van der Waals surface area contributed by atoms with Crippen LogP contribution in [0.5, 0.6) is 0 Å². The summed E-state index contributed by atoms with van der Waals surface area (Å²) in [4.78, 5) is 33.4. The summed E-state index contributed by atoms with van der Waals surface area (Å²) in [5.74, 6) is 0. The highest BCUT2D eigenvalue weighted by Crippen LogP contribution is 2.18. The summed E-state index contributed by atoms with van der Waals surface area (Å²) in [6, 6.07) is 14.3. The van der Waals surface area contributed by atoms with Crippen LogP contribution in [0.1, 0.15) is 90.0 Å². The number of anilines is 4. The fourth-order valence-corrected chi connectivity index (χ4v) is 2.15. The van der Waals surface area contributed by atoms with E-state index >= 15 is 0 Å². The van der Waals surface area contributed by atoms with Gasteiger partial charge in [-0.3, -0.25) is 5.32 Å². The summed E-state index contributed by atoms with van der Waals surface area (Å²) in [5.41, 5.74) is 16.9. The first kappa shape index (κ1) is 42.3. The van der Waals surface area contributed by atoms with Gasteiger partial charge in [-0.15, -0.1) is 0 Å². The quantitative estimate of drug-likeness (QED) is 0.108. The highest BCUT2D eigenvalue weighted by molar-refractivity contribution is 5.89. The third-order valence-electron chi connectivity index (χ3n) is 3.54. The standard InChI is InChI=1S/C11H16N2O2.C10H18O5.C6H8N2.2C2H6/c1-11(2,3)15-10(14)13-9-7-5-4-6-8(9)12;1-9(2,3)14-7(11)13-8(12)15-10(4,5)6;7-5-3-1-2-4-6(5)8;2*1-2/h4-7H,12H2,1-3H3,(H,13,14);1-6H3;1-4H,7-8H2;2*1-2H3. The van der Waals surface area contributed by atoms with Gasteiger partial charge in [0.15, 0.2) is 0 Å². The third-order valence-corrected chi connectivity index (χ3v) is 3.54. The number of nitrogens with one attached hydrogen (secondary N) is 1. The topological polar surface area (TPSA) is 178 Å². The number of hydrogen-bond acceptors (Lipinski definition) is 10. The number of nitrogens with two attached hydrogens (primary N) is 3. The molecule has 0 heterocycles. The first-order chi connectivity index (χ1) is 19.2. The highest BCUT2D eigenvalue weighted by atomic mass is 16.8. The van der Waals surface area contributed by atoms with E-state index in [9.17, 15) is 14.4 Å². The number of carbonyl (C=O) groups is 3. The van der Waals surface area contributed by atoms with Gasteiger partial charge < -0.3 is 36.1 Å². The van der Waals surface area contributed by atoms with Crippen molar-refractivity contribution in [2.75, 3.05) is 22.5 Å². The predicted octanol–water partition coefficient (Wildman–Crippen LogP) is 8.39. The lowest BCUT2D eigenvalue weighted by Crippen LogP contribution is -2.29. The Kier molecular flexibility index (Phi) is 20.8. The van der Waals surface area contributed by atoms with Gasteiger partial charge in [-0.2, -0.15) is 0 Å². The Morgan fingerprint density at radius 3 is 1.14 bits per heavy atom. The van der Waals surface area contributed by atoms with Crippen LogP contribution < -0.4 is 22.5 Å². The molecule has 7 N–H and O–H groups in total. The maximum atomic E-state index is 11.4. The number of ether oxygens (including phenoxy) is 4. The second kappa shape index (κ2) is 20.7. The number of rotatable bonds is 1. The van der Waals surface area contributed by atoms with Crippen molar-refractivity contribution >= 4 is 41.2 Å². The van der Waals surface area contributed by atoms with Crippen molar-refractivity contribution in [2.24, 2.45) is 0 Å². The molecule has 0 unspecified atom stereocenters. The van der Waals surface area contributed by atoms with Crippen LogP contribution in [0.15, 0.2) is 48.5 Å². The number of hydrogen-bond donors (Lipinski definition) is 4. The summed E-state index contributed by atoms with van der Waals surface area (Å²) >= 11 is 0. The van der Waals surface area contributed by atoms with E-state index in [1.807, 2.05) is 39.8 Å². The van der Waals surface area contributed by atoms with Gasteiger partial charge in [-0.25, -0.2) is 14.4 Å². The molecule has 240 valence electrons. The Balaban J connectivity index is -0.000000530. The van der Waals surface area contributed by atoms with Crippen molar-refractivity contribution in [3.05, 3.63) is 48.5 Å². The molecule has 0 radical (unpaired) electrons. The summed E-state index contributed by atoms with van der Waals surface area (Å²) in [5, 5.41) is 2.58. The second-order valence-electron chi connectivity index (χ2n) is 10.9. The van der Waals surface area contributed by atoms with Crippen molar-refractivity contribution in [3.8, 4) is 0 Å². The van der Waals surface area contributed by atoms with Gasteiger partial charge in [0.05, 0.1) is 22.7 Å². The van der Waals surface area contributed by atoms with Gasteiger partial charge in [0.25, 0.3) is 0 Å². The largest absolute Gasteiger partial charge is 0.519 e. The van der Waals surface area contributed by atoms with E-state index in [-0.39, 0.29) is 0 Å². The smallest absolute Gasteiger partial charge is 0.444 e. The SMILES string of the molecule is CC.CC.CC(C)(C)OC(=O)Nc1ccccc1N.CC(C)(C)OC(=O)OC(=O)OC(C)(C)C.Nc1ccccc1N. The van der Waals surface area contributed by atoms with E-state index in [1.165, 1.54) is 0 Å². The van der Waals surface area contributed by atoms with Crippen molar-refractivity contribution in [2.45, 2.75) is 107 Å². The highest BCUT2D eigenvalue weighted by Gasteiger charge is 2.24. The van der Waals surface area contributed by atoms with Crippen molar-refractivity contribution in [1.82, 2.24) is 0 Å². The second-order valence-corrected chi connectivity index (χ2v) is 10.9. The molecule has 2 rings (SSSR count). The predicted molar refractivity (Wildman–Crippen MR) is 172 cm³/mol. The molecular weight excluding hydrogens is 540 g/mol. The molecule has 0 bridgehead atoms. The summed E-state index contributed by atoms with van der Waals surface area (Å²) in [7, 11) is 0. The fourth-order valence-electron chi connectivity index (χ4n) is 2.15. The van der Waals surface area contributed by atoms with Gasteiger partial charge in [0.2, 0.25) is 0 Å². The Morgan fingerprint density at radius 2 is 0.857 bits per heavy atom. The van der Waals surface area contributed by atoms with Crippen molar-refractivity contribution in [3.63, 3.8) is 0 Å². The van der Waals surface area contributed by atoms with E-state index in [2.05, 4.69) is 10.1 Å². The third kappa shape index (κ3) is 26.1. The molecule has 11 nitrogen and oxygen atoms in total. The summed E-state index contributed by atoms with van der Waals surface area (Å²) in [6.07, 6.45) is -2.62. The Morgan fingerprint density at radius 1 is 0.548 bits per heavy atom. The van der Waals surface area contributed by atoms with Crippen molar-refractivity contribution < 1.29 is 33.3 Å². The average Bonchev–Trinajstić information content (AvgIpc) is 2.82. The first-order valence-electron chi connectivity index (χ1n) is 13.8. The van der Waals surface area contributed by atoms with Crippen molar-refractivity contribution in [1.29, 1.82) is 0 Å². The lowest BCUT2D eigenvalue weighted by atomic mass is 10.2. The molecule has 0 spiro atoms. The molecule has 0 aliphatic heterocycles. The molecule has 0 saturated carbocycles. The molecule has 42 heavy (non-hydrogen) atoms. The van der Waals surface area contributed by atoms with Crippen LogP contribution in [0.4, 0.5) is 37.1 Å². The average molecular weight is 595 g/mol. The van der Waals surface area contributed by atoms with Crippen LogP contribution in [-0.2, 0) is 18.9 Å². The Labute approximate surface area is 252 Å². The normalized spacial score (nSPS) is 10.1. The molecule has 2 aromatic rings. The zero-order chi connectivity index (χ0) is 33.7. The van der Waals surface area contributed by atoms with E-state index in [0.29, 0.717) is 22.7 Å². The van der Waals surface area contributed by atoms with Gasteiger partial charge in [0, 0.05) is 0 Å². The summed E-state index contributed by atoms with van der Waals surface area (Å²) < 4.78 is 18.9. The van der Waals surface area contributed by atoms with E-state index < -0.39 is 35.2 Å². The molecule has 0 saturated heterocycles. The number of amides is 1. The van der Waals surface area contributed by atoms with E-state index in [0.717, 1.165) is 0 Å². The molecule has 2 aromatic carbocycles. The zero-order valence-corrected chi connectivity index (χ0v) is 27.7. The molecule has 0 fully saturated rings. The number of para-hydroxylation sites is 4. The minimum Gasteiger partial charge on any atom is -0.444 e. The van der Waals surface area contributed by atoms with Crippen LogP contribution in [0.2, 0.25) is 0 Å². The van der Waals surface area contributed by atoms with Crippen LogP contribution in [0, 0.1) is 0 Å². The van der Waals surface area contributed by atoms with Gasteiger partial charge in [0.1, 0.15) is 16.8 Å². The van der Waals surface area contributed by atoms with Gasteiger partial charge in [-0.1, -0.05) is 52.0 Å². The Hall–Kier alpha value is -4.15. The van der Waals surface area contributed by atoms with Crippen LogP contribution in [-0.4, -0.2) is 35.2 Å². The molecule has 0 aliphatic rings. The maximum Gasteiger partial charge on any atom is 0.519 e. The lowest BCUT2D eigenvalue weighted by Gasteiger charge is -2.20. The number of carbonyl (C=O) groups excluding carboxylic acids is 3. The van der Waals surface area contributed by atoms with Crippen LogP contribution in [0.3, 0.4) is 0 Å². The maximum absolute atomic E-state index is 11.4. The molecule has 0 aliphatic carbocycles. The molecule has 1 amide bonds. The van der Waals surface area contributed by atoms with Crippen LogP contribution in [0.25, 0.3) is 0 Å². The van der Waals surface area contributed by atoms with E-state index in [4.69, 9.17) is 31.4 Å². The molecule has 0 aromatic heterocycles. The van der Waals surface area contributed by atoms with E-state index in [1.54, 1.807) is 98.7 Å². The van der Waals surface area contributed by atoms with Gasteiger partial charge >= 0.3 is 18.4 Å². The number of nitrogen functional groups attached to an aromatic ring is 3.